The maximum absolute atomic E-state index is 11.5. The minimum absolute atomic E-state index is 0.127. The van der Waals surface area contributed by atoms with Gasteiger partial charge in [-0.1, -0.05) is 13.8 Å². The zero-order valence-corrected chi connectivity index (χ0v) is 7.29. The molecule has 0 aliphatic carbocycles. The van der Waals surface area contributed by atoms with Gasteiger partial charge in [0.1, 0.15) is 0 Å². The van der Waals surface area contributed by atoms with Crippen molar-refractivity contribution >= 4 is 12.1 Å². The lowest BCUT2D eigenvalue weighted by molar-refractivity contribution is -0.140. The van der Waals surface area contributed by atoms with E-state index in [0.29, 0.717) is 0 Å². The number of carbonyl (C=O) groups is 1. The molecule has 1 unspecified atom stereocenters. The van der Waals surface area contributed by atoms with E-state index in [9.17, 15) is 4.79 Å². The number of amides is 1. The fraction of sp³-hybridized carbons (Fsp3) is 0.750. The zero-order chi connectivity index (χ0) is 8.48. The molecule has 0 saturated heterocycles. The van der Waals surface area contributed by atoms with Crippen molar-refractivity contribution in [2.75, 3.05) is 7.05 Å². The predicted molar refractivity (Wildman–Crippen MR) is 44.3 cm³/mol. The van der Waals surface area contributed by atoms with E-state index in [1.165, 1.54) is 5.01 Å². The third-order valence-electron chi connectivity index (χ3n) is 2.39. The van der Waals surface area contributed by atoms with Gasteiger partial charge < -0.3 is 0 Å². The summed E-state index contributed by atoms with van der Waals surface area (Å²) in [6, 6.07) is 0. The molecule has 11 heavy (non-hydrogen) atoms. The first-order valence-corrected chi connectivity index (χ1v) is 3.91. The monoisotopic (exact) mass is 154 g/mol. The maximum atomic E-state index is 11.5. The molecule has 0 radical (unpaired) electrons. The van der Waals surface area contributed by atoms with Gasteiger partial charge in [-0.2, -0.15) is 5.10 Å². The average Bonchev–Trinajstić information content (AvgIpc) is 2.00. The van der Waals surface area contributed by atoms with Crippen molar-refractivity contribution in [1.82, 2.24) is 5.01 Å². The molecule has 1 aliphatic heterocycles. The molecule has 0 saturated carbocycles. The van der Waals surface area contributed by atoms with E-state index in [1.54, 1.807) is 7.05 Å². The van der Waals surface area contributed by atoms with Crippen LogP contribution in [0.15, 0.2) is 5.10 Å². The summed E-state index contributed by atoms with van der Waals surface area (Å²) >= 11 is 0. The van der Waals surface area contributed by atoms with E-state index in [0.717, 1.165) is 12.8 Å². The van der Waals surface area contributed by atoms with E-state index in [4.69, 9.17) is 0 Å². The molecule has 1 aliphatic rings. The third-order valence-corrected chi connectivity index (χ3v) is 2.39. The Bertz CT molecular complexity index is 200. The zero-order valence-electron chi connectivity index (χ0n) is 7.29. The standard InChI is InChI=1S/C8H14N2O/c1-4-8(2)5-6-9-10(3)7(8)11/h6H,4-5H2,1-3H3. The van der Waals surface area contributed by atoms with Crippen LogP contribution in [0.25, 0.3) is 0 Å². The highest BCUT2D eigenvalue weighted by molar-refractivity contribution is 5.87. The Morgan fingerprint density at radius 1 is 1.82 bits per heavy atom. The first-order valence-electron chi connectivity index (χ1n) is 3.91. The fourth-order valence-electron chi connectivity index (χ4n) is 1.19. The number of hydrogen-bond donors (Lipinski definition) is 0. The molecule has 1 rings (SSSR count). The molecule has 0 spiro atoms. The lowest BCUT2D eigenvalue weighted by atomic mass is 9.82. The largest absolute Gasteiger partial charge is 0.272 e. The summed E-state index contributed by atoms with van der Waals surface area (Å²) in [4.78, 5) is 11.5. The molecular formula is C8H14N2O. The van der Waals surface area contributed by atoms with Crippen LogP contribution < -0.4 is 0 Å². The van der Waals surface area contributed by atoms with Crippen LogP contribution in [0.3, 0.4) is 0 Å². The van der Waals surface area contributed by atoms with Gasteiger partial charge in [-0.15, -0.1) is 0 Å². The van der Waals surface area contributed by atoms with Crippen LogP contribution in [0.1, 0.15) is 26.7 Å². The normalized spacial score (nSPS) is 31.2. The molecule has 1 atom stereocenters. The number of rotatable bonds is 1. The number of hydrogen-bond acceptors (Lipinski definition) is 2. The molecule has 0 aromatic rings. The highest BCUT2D eigenvalue weighted by Gasteiger charge is 2.35. The van der Waals surface area contributed by atoms with Crippen LogP contribution in [0.2, 0.25) is 0 Å². The Balaban J connectivity index is 2.86. The Morgan fingerprint density at radius 3 is 2.91 bits per heavy atom. The van der Waals surface area contributed by atoms with Crippen LogP contribution in [-0.2, 0) is 4.79 Å². The van der Waals surface area contributed by atoms with Crippen molar-refractivity contribution in [3.63, 3.8) is 0 Å². The topological polar surface area (TPSA) is 32.7 Å². The second-order valence-electron chi connectivity index (χ2n) is 3.25. The minimum Gasteiger partial charge on any atom is -0.272 e. The smallest absolute Gasteiger partial charge is 0.248 e. The van der Waals surface area contributed by atoms with Crippen molar-refractivity contribution in [2.45, 2.75) is 26.7 Å². The Labute approximate surface area is 67.1 Å². The molecule has 1 heterocycles. The molecule has 1 amide bonds. The third kappa shape index (κ3) is 1.27. The molecule has 0 fully saturated rings. The van der Waals surface area contributed by atoms with E-state index >= 15 is 0 Å². The van der Waals surface area contributed by atoms with E-state index in [2.05, 4.69) is 5.10 Å². The average molecular weight is 154 g/mol. The van der Waals surface area contributed by atoms with Crippen LogP contribution in [0, 0.1) is 5.41 Å². The maximum Gasteiger partial charge on any atom is 0.248 e. The molecular weight excluding hydrogens is 140 g/mol. The Hall–Kier alpha value is -0.860. The Kier molecular flexibility index (Phi) is 1.98. The summed E-state index contributed by atoms with van der Waals surface area (Å²) in [6.07, 6.45) is 3.46. The van der Waals surface area contributed by atoms with Crippen molar-refractivity contribution in [2.24, 2.45) is 10.5 Å². The molecule has 0 bridgehead atoms. The van der Waals surface area contributed by atoms with E-state index < -0.39 is 0 Å². The lowest BCUT2D eigenvalue weighted by Gasteiger charge is -2.31. The van der Waals surface area contributed by atoms with Gasteiger partial charge in [0.05, 0.1) is 5.41 Å². The second-order valence-corrected chi connectivity index (χ2v) is 3.25. The molecule has 0 aromatic carbocycles. The quantitative estimate of drug-likeness (QED) is 0.559. The fourth-order valence-corrected chi connectivity index (χ4v) is 1.19. The summed E-state index contributed by atoms with van der Waals surface area (Å²) in [5.41, 5.74) is -0.212. The number of hydrazone groups is 1. The SMILES string of the molecule is CCC1(C)CC=NN(C)C1=O. The predicted octanol–water partition coefficient (Wildman–Crippen LogP) is 1.25. The molecule has 3 heteroatoms. The molecule has 62 valence electrons. The first kappa shape index (κ1) is 8.24. The van der Waals surface area contributed by atoms with Gasteiger partial charge in [0.15, 0.2) is 0 Å². The lowest BCUT2D eigenvalue weighted by Crippen LogP contribution is -2.40. The van der Waals surface area contributed by atoms with E-state index in [1.807, 2.05) is 20.1 Å². The van der Waals surface area contributed by atoms with Gasteiger partial charge in [-0.3, -0.25) is 4.79 Å². The minimum atomic E-state index is -0.212. The summed E-state index contributed by atoms with van der Waals surface area (Å²) in [5, 5.41) is 5.34. The van der Waals surface area contributed by atoms with Crippen molar-refractivity contribution in [1.29, 1.82) is 0 Å². The number of nitrogens with zero attached hydrogens (tertiary/aromatic N) is 2. The van der Waals surface area contributed by atoms with Crippen molar-refractivity contribution in [3.05, 3.63) is 0 Å². The highest BCUT2D eigenvalue weighted by atomic mass is 16.2. The van der Waals surface area contributed by atoms with E-state index in [-0.39, 0.29) is 11.3 Å². The Morgan fingerprint density at radius 2 is 2.45 bits per heavy atom. The second kappa shape index (κ2) is 2.64. The van der Waals surface area contributed by atoms with Gasteiger partial charge in [0.25, 0.3) is 0 Å². The van der Waals surface area contributed by atoms with Crippen molar-refractivity contribution in [3.8, 4) is 0 Å². The summed E-state index contributed by atoms with van der Waals surface area (Å²) in [5.74, 6) is 0.127. The summed E-state index contributed by atoms with van der Waals surface area (Å²) in [6.45, 7) is 4.02. The van der Waals surface area contributed by atoms with Gasteiger partial charge in [0, 0.05) is 13.3 Å². The molecule has 3 nitrogen and oxygen atoms in total. The van der Waals surface area contributed by atoms with Gasteiger partial charge in [0.2, 0.25) is 5.91 Å². The van der Waals surface area contributed by atoms with Crippen molar-refractivity contribution < 1.29 is 4.79 Å². The van der Waals surface area contributed by atoms with Crippen LogP contribution >= 0.6 is 0 Å². The summed E-state index contributed by atoms with van der Waals surface area (Å²) in [7, 11) is 1.70. The summed E-state index contributed by atoms with van der Waals surface area (Å²) < 4.78 is 0. The molecule has 0 aromatic heterocycles. The van der Waals surface area contributed by atoms with Gasteiger partial charge in [-0.05, 0) is 12.8 Å². The van der Waals surface area contributed by atoms with Crippen LogP contribution in [0.5, 0.6) is 0 Å². The first-order chi connectivity index (χ1) is 5.10. The van der Waals surface area contributed by atoms with Gasteiger partial charge >= 0.3 is 0 Å². The van der Waals surface area contributed by atoms with Crippen LogP contribution in [0.4, 0.5) is 0 Å². The number of carbonyl (C=O) groups excluding carboxylic acids is 1. The highest BCUT2D eigenvalue weighted by Crippen LogP contribution is 2.29. The van der Waals surface area contributed by atoms with Gasteiger partial charge in [-0.25, -0.2) is 5.01 Å². The molecule has 0 N–H and O–H groups in total. The van der Waals surface area contributed by atoms with Crippen LogP contribution in [-0.4, -0.2) is 24.2 Å².